The highest BCUT2D eigenvalue weighted by Gasteiger charge is 2.23. The molecule has 7 heteroatoms. The molecule has 0 radical (unpaired) electrons. The van der Waals surface area contributed by atoms with Crippen molar-refractivity contribution in [3.05, 3.63) is 0 Å². The van der Waals surface area contributed by atoms with Crippen LogP contribution in [0.1, 0.15) is 0 Å². The van der Waals surface area contributed by atoms with Crippen LogP contribution in [0.15, 0.2) is 0 Å². The van der Waals surface area contributed by atoms with Crippen LogP contribution in [-0.2, 0) is 10.1 Å². The van der Waals surface area contributed by atoms with Gasteiger partial charge in [-0.15, -0.1) is 0 Å². The van der Waals surface area contributed by atoms with Crippen molar-refractivity contribution < 1.29 is 13.0 Å². The molecule has 0 fully saturated rings. The number of nitrogens with two attached hydrogens (primary N) is 2. The molecule has 1 unspecified atom stereocenters. The second-order valence-corrected chi connectivity index (χ2v) is 3.29. The lowest BCUT2D eigenvalue weighted by atomic mass is 10.4. The largest absolute Gasteiger partial charge is 0.386 e. The van der Waals surface area contributed by atoms with Crippen LogP contribution in [0.25, 0.3) is 0 Å². The van der Waals surface area contributed by atoms with Crippen molar-refractivity contribution in [3.63, 3.8) is 0 Å². The Morgan fingerprint density at radius 1 is 1.70 bits per heavy atom. The minimum atomic E-state index is -4.29. The maximum absolute atomic E-state index is 10.3. The average molecular weight is 167 g/mol. The molecule has 6 nitrogen and oxygen atoms in total. The van der Waals surface area contributed by atoms with Crippen LogP contribution < -0.4 is 11.5 Å². The molecule has 0 aromatic carbocycles. The van der Waals surface area contributed by atoms with E-state index in [2.05, 4.69) is 0 Å². The summed E-state index contributed by atoms with van der Waals surface area (Å²) in [4.78, 5) is 0. The van der Waals surface area contributed by atoms with Gasteiger partial charge in [0.25, 0.3) is 10.1 Å². The van der Waals surface area contributed by atoms with E-state index in [1.54, 1.807) is 0 Å². The topological polar surface area (TPSA) is 130 Å². The first-order chi connectivity index (χ1) is 4.39. The van der Waals surface area contributed by atoms with Gasteiger partial charge >= 0.3 is 0 Å². The molecule has 0 bridgehead atoms. The molecule has 0 aliphatic rings. The molecular weight excluding hydrogens is 158 g/mol. The first-order valence-electron chi connectivity index (χ1n) is 2.40. The van der Waals surface area contributed by atoms with Gasteiger partial charge in [0.1, 0.15) is 5.84 Å². The summed E-state index contributed by atoms with van der Waals surface area (Å²) >= 11 is 0. The lowest BCUT2D eigenvalue weighted by molar-refractivity contribution is 0.477. The van der Waals surface area contributed by atoms with Crippen LogP contribution in [0, 0.1) is 5.41 Å². The third-order valence-corrected chi connectivity index (χ3v) is 2.09. The van der Waals surface area contributed by atoms with Gasteiger partial charge in [-0.05, 0) is 0 Å². The van der Waals surface area contributed by atoms with Crippen LogP contribution in [0.4, 0.5) is 0 Å². The standard InChI is InChI=1S/C3H9N3O3S/c4-1-2(3(5)6)10(7,8)9/h2H,1,4H2,(H3,5,6)(H,7,8,9). The first kappa shape index (κ1) is 9.34. The fourth-order valence-electron chi connectivity index (χ4n) is 0.409. The third-order valence-electron chi connectivity index (χ3n) is 0.921. The van der Waals surface area contributed by atoms with Gasteiger partial charge in [0, 0.05) is 6.54 Å². The van der Waals surface area contributed by atoms with E-state index in [1.165, 1.54) is 0 Å². The van der Waals surface area contributed by atoms with Crippen LogP contribution in [-0.4, -0.2) is 30.6 Å². The predicted molar refractivity (Wildman–Crippen MR) is 36.3 cm³/mol. The van der Waals surface area contributed by atoms with Crippen molar-refractivity contribution in [3.8, 4) is 0 Å². The van der Waals surface area contributed by atoms with E-state index in [0.29, 0.717) is 0 Å². The van der Waals surface area contributed by atoms with E-state index in [-0.39, 0.29) is 6.54 Å². The summed E-state index contributed by atoms with van der Waals surface area (Å²) in [5, 5.41) is 5.20. The molecular formula is C3H9N3O3S. The minimum Gasteiger partial charge on any atom is -0.386 e. The number of rotatable bonds is 3. The predicted octanol–water partition coefficient (Wildman–Crippen LogP) is -1.86. The van der Waals surface area contributed by atoms with Gasteiger partial charge in [-0.1, -0.05) is 0 Å². The highest BCUT2D eigenvalue weighted by atomic mass is 32.2. The van der Waals surface area contributed by atoms with Gasteiger partial charge in [0.15, 0.2) is 5.25 Å². The Kier molecular flexibility index (Phi) is 2.76. The SMILES string of the molecule is N=C(N)C(CN)S(=O)(=O)O. The van der Waals surface area contributed by atoms with Gasteiger partial charge in [0.2, 0.25) is 0 Å². The molecule has 60 valence electrons. The van der Waals surface area contributed by atoms with Crippen molar-refractivity contribution in [2.75, 3.05) is 6.54 Å². The Hall–Kier alpha value is -0.660. The average Bonchev–Trinajstić information content (AvgIpc) is 1.60. The molecule has 0 saturated heterocycles. The van der Waals surface area contributed by atoms with Crippen LogP contribution in [0.2, 0.25) is 0 Å². The molecule has 0 spiro atoms. The van der Waals surface area contributed by atoms with Crippen molar-refractivity contribution in [2.24, 2.45) is 11.5 Å². The van der Waals surface area contributed by atoms with Gasteiger partial charge in [-0.2, -0.15) is 8.42 Å². The lowest BCUT2D eigenvalue weighted by Gasteiger charge is -2.07. The van der Waals surface area contributed by atoms with Crippen molar-refractivity contribution in [2.45, 2.75) is 5.25 Å². The Morgan fingerprint density at radius 2 is 2.10 bits per heavy atom. The summed E-state index contributed by atoms with van der Waals surface area (Å²) in [7, 11) is -4.29. The van der Waals surface area contributed by atoms with Gasteiger partial charge in [0.05, 0.1) is 0 Å². The molecule has 1 atom stereocenters. The van der Waals surface area contributed by atoms with E-state index in [9.17, 15) is 8.42 Å². The zero-order chi connectivity index (χ0) is 8.36. The summed E-state index contributed by atoms with van der Waals surface area (Å²) in [6, 6.07) is 0. The zero-order valence-electron chi connectivity index (χ0n) is 5.11. The van der Waals surface area contributed by atoms with Crippen molar-refractivity contribution >= 4 is 16.0 Å². The quantitative estimate of drug-likeness (QED) is 0.222. The molecule has 10 heavy (non-hydrogen) atoms. The molecule has 0 amide bonds. The number of nitrogens with one attached hydrogen (secondary N) is 1. The Morgan fingerprint density at radius 3 is 2.10 bits per heavy atom. The molecule has 0 aromatic heterocycles. The number of amidine groups is 1. The van der Waals surface area contributed by atoms with Gasteiger partial charge < -0.3 is 11.5 Å². The lowest BCUT2D eigenvalue weighted by Crippen LogP contribution is -2.40. The minimum absolute atomic E-state index is 0.381. The van der Waals surface area contributed by atoms with Gasteiger partial charge in [-0.25, -0.2) is 0 Å². The second kappa shape index (κ2) is 2.95. The highest BCUT2D eigenvalue weighted by molar-refractivity contribution is 7.87. The van der Waals surface area contributed by atoms with E-state index < -0.39 is 21.2 Å². The zero-order valence-corrected chi connectivity index (χ0v) is 5.93. The second-order valence-electron chi connectivity index (χ2n) is 1.69. The van der Waals surface area contributed by atoms with Crippen molar-refractivity contribution in [1.29, 1.82) is 5.41 Å². The van der Waals surface area contributed by atoms with Crippen LogP contribution in [0.5, 0.6) is 0 Å². The monoisotopic (exact) mass is 167 g/mol. The molecule has 0 rings (SSSR count). The van der Waals surface area contributed by atoms with Gasteiger partial charge in [-0.3, -0.25) is 9.96 Å². The van der Waals surface area contributed by atoms with E-state index in [4.69, 9.17) is 21.4 Å². The normalized spacial score (nSPS) is 14.6. The summed E-state index contributed by atoms with van der Waals surface area (Å²) in [5.41, 5.74) is 9.70. The first-order valence-corrected chi connectivity index (χ1v) is 3.90. The molecule has 0 aromatic rings. The van der Waals surface area contributed by atoms with Crippen LogP contribution >= 0.6 is 0 Å². The molecule has 0 aliphatic heterocycles. The van der Waals surface area contributed by atoms with E-state index >= 15 is 0 Å². The molecule has 0 saturated carbocycles. The maximum atomic E-state index is 10.3. The summed E-state index contributed by atoms with van der Waals surface area (Å²) in [5.74, 6) is -0.648. The number of hydrogen-bond acceptors (Lipinski definition) is 4. The van der Waals surface area contributed by atoms with Crippen LogP contribution in [0.3, 0.4) is 0 Å². The Labute approximate surface area is 58.5 Å². The molecule has 0 aliphatic carbocycles. The Balaban J connectivity index is 4.55. The highest BCUT2D eigenvalue weighted by Crippen LogP contribution is 1.94. The fraction of sp³-hybridized carbons (Fsp3) is 0.667. The molecule has 6 N–H and O–H groups in total. The summed E-state index contributed by atoms with van der Waals surface area (Å²) < 4.78 is 28.8. The maximum Gasteiger partial charge on any atom is 0.276 e. The van der Waals surface area contributed by atoms with Crippen molar-refractivity contribution in [1.82, 2.24) is 0 Å². The molecule has 0 heterocycles. The summed E-state index contributed by atoms with van der Waals surface area (Å²) in [6.07, 6.45) is 0. The fourth-order valence-corrected chi connectivity index (χ4v) is 0.973. The Bertz CT molecular complexity index is 221. The third kappa shape index (κ3) is 2.29. The van der Waals surface area contributed by atoms with E-state index in [0.717, 1.165) is 0 Å². The number of hydrogen-bond donors (Lipinski definition) is 4. The summed E-state index contributed by atoms with van der Waals surface area (Å²) in [6.45, 7) is -0.381. The smallest absolute Gasteiger partial charge is 0.276 e. The van der Waals surface area contributed by atoms with E-state index in [1.807, 2.05) is 0 Å².